The predicted octanol–water partition coefficient (Wildman–Crippen LogP) is 0.636. The Kier molecular flexibility index (Phi) is 2.09. The van der Waals surface area contributed by atoms with E-state index in [-0.39, 0.29) is 30.2 Å². The third-order valence-electron chi connectivity index (χ3n) is 4.45. The van der Waals surface area contributed by atoms with Gasteiger partial charge in [0.05, 0.1) is 17.3 Å². The molecule has 1 saturated heterocycles. The highest BCUT2D eigenvalue weighted by Gasteiger charge is 2.57. The van der Waals surface area contributed by atoms with Crippen molar-refractivity contribution in [3.63, 3.8) is 0 Å². The molecule has 2 unspecified atom stereocenters. The third-order valence-corrected chi connectivity index (χ3v) is 4.45. The van der Waals surface area contributed by atoms with Crippen molar-refractivity contribution in [3.05, 3.63) is 0 Å². The molecule has 0 aromatic carbocycles. The molecule has 3 rings (SSSR count). The highest BCUT2D eigenvalue weighted by Crippen LogP contribution is 2.49. The maximum atomic E-state index is 12.0. The average Bonchev–Trinajstić information content (AvgIpc) is 2.85. The molecule has 17 heavy (non-hydrogen) atoms. The van der Waals surface area contributed by atoms with Crippen LogP contribution in [0.4, 0.5) is 0 Å². The number of hydrogen-bond donors (Lipinski definition) is 1. The van der Waals surface area contributed by atoms with Gasteiger partial charge in [-0.1, -0.05) is 6.42 Å². The molecule has 0 aromatic rings. The molecule has 2 saturated carbocycles. The lowest BCUT2D eigenvalue weighted by molar-refractivity contribution is -0.147. The van der Waals surface area contributed by atoms with Gasteiger partial charge in [-0.3, -0.25) is 19.3 Å². The molecule has 5 heteroatoms. The first-order chi connectivity index (χ1) is 8.05. The molecule has 3 fully saturated rings. The fraction of sp³-hybridized carbons (Fsp3) is 0.750. The van der Waals surface area contributed by atoms with E-state index in [0.29, 0.717) is 12.8 Å². The number of hydrogen-bond acceptors (Lipinski definition) is 3. The zero-order chi connectivity index (χ0) is 12.2. The van der Waals surface area contributed by atoms with Gasteiger partial charge in [0.15, 0.2) is 0 Å². The summed E-state index contributed by atoms with van der Waals surface area (Å²) in [7, 11) is 0. The average molecular weight is 237 g/mol. The first-order valence-electron chi connectivity index (χ1n) is 6.14. The fourth-order valence-corrected chi connectivity index (χ4v) is 3.11. The second kappa shape index (κ2) is 3.31. The van der Waals surface area contributed by atoms with Crippen LogP contribution in [0, 0.1) is 17.3 Å². The number of aliphatic carboxylic acids is 1. The minimum atomic E-state index is -0.879. The van der Waals surface area contributed by atoms with Gasteiger partial charge in [-0.2, -0.15) is 0 Å². The molecule has 3 aliphatic rings. The zero-order valence-corrected chi connectivity index (χ0v) is 9.52. The van der Waals surface area contributed by atoms with Gasteiger partial charge in [0.1, 0.15) is 0 Å². The summed E-state index contributed by atoms with van der Waals surface area (Å²) >= 11 is 0. The summed E-state index contributed by atoms with van der Waals surface area (Å²) in [4.78, 5) is 36.4. The van der Waals surface area contributed by atoms with Crippen LogP contribution in [0.25, 0.3) is 0 Å². The first-order valence-corrected chi connectivity index (χ1v) is 6.14. The van der Waals surface area contributed by atoms with E-state index < -0.39 is 11.4 Å². The third kappa shape index (κ3) is 1.41. The van der Waals surface area contributed by atoms with Crippen molar-refractivity contribution in [2.45, 2.75) is 32.1 Å². The van der Waals surface area contributed by atoms with Crippen LogP contribution in [0.5, 0.6) is 0 Å². The van der Waals surface area contributed by atoms with Crippen molar-refractivity contribution in [3.8, 4) is 0 Å². The van der Waals surface area contributed by atoms with Crippen LogP contribution in [0.2, 0.25) is 0 Å². The normalized spacial score (nSPS) is 34.0. The van der Waals surface area contributed by atoms with E-state index in [2.05, 4.69) is 0 Å². The van der Waals surface area contributed by atoms with E-state index in [0.717, 1.165) is 19.3 Å². The van der Waals surface area contributed by atoms with Gasteiger partial charge in [0.25, 0.3) is 0 Å². The van der Waals surface area contributed by atoms with Gasteiger partial charge in [0.2, 0.25) is 11.8 Å². The highest BCUT2D eigenvalue weighted by atomic mass is 16.4. The van der Waals surface area contributed by atoms with Crippen LogP contribution >= 0.6 is 0 Å². The molecule has 92 valence electrons. The van der Waals surface area contributed by atoms with Crippen LogP contribution in [-0.2, 0) is 14.4 Å². The summed E-state index contributed by atoms with van der Waals surface area (Å²) in [6, 6.07) is 0. The number of carboxylic acids is 1. The lowest BCUT2D eigenvalue weighted by atomic mass is 10.00. The van der Waals surface area contributed by atoms with Gasteiger partial charge in [0, 0.05) is 6.54 Å². The first kappa shape index (κ1) is 10.7. The Morgan fingerprint density at radius 2 is 1.76 bits per heavy atom. The van der Waals surface area contributed by atoms with E-state index in [1.54, 1.807) is 0 Å². The molecule has 0 radical (unpaired) electrons. The number of imide groups is 1. The SMILES string of the molecule is O=C1C2CCCC2C(=O)N1CC1(C(=O)O)CC1. The monoisotopic (exact) mass is 237 g/mol. The van der Waals surface area contributed by atoms with E-state index in [1.165, 1.54) is 4.90 Å². The summed E-state index contributed by atoms with van der Waals surface area (Å²) in [5.41, 5.74) is -0.829. The Balaban J connectivity index is 1.79. The molecule has 1 N–H and O–H groups in total. The Hall–Kier alpha value is -1.39. The number of likely N-dealkylation sites (tertiary alicyclic amines) is 1. The lowest BCUT2D eigenvalue weighted by Crippen LogP contribution is -2.39. The summed E-state index contributed by atoms with van der Waals surface area (Å²) in [6.07, 6.45) is 3.66. The lowest BCUT2D eigenvalue weighted by Gasteiger charge is -2.19. The number of nitrogens with zero attached hydrogens (tertiary/aromatic N) is 1. The van der Waals surface area contributed by atoms with Crippen molar-refractivity contribution < 1.29 is 19.5 Å². The number of carboxylic acid groups (broad SMARTS) is 1. The minimum Gasteiger partial charge on any atom is -0.481 e. The van der Waals surface area contributed by atoms with Crippen LogP contribution in [0.15, 0.2) is 0 Å². The van der Waals surface area contributed by atoms with Crippen molar-refractivity contribution in [2.24, 2.45) is 17.3 Å². The highest BCUT2D eigenvalue weighted by molar-refractivity contribution is 6.05. The Bertz CT molecular complexity index is 391. The van der Waals surface area contributed by atoms with Crippen LogP contribution in [0.3, 0.4) is 0 Å². The molecule has 5 nitrogen and oxygen atoms in total. The van der Waals surface area contributed by atoms with Crippen LogP contribution < -0.4 is 0 Å². The van der Waals surface area contributed by atoms with Crippen LogP contribution in [-0.4, -0.2) is 34.3 Å². The Labute approximate surface area is 98.8 Å². The van der Waals surface area contributed by atoms with Crippen molar-refractivity contribution in [1.29, 1.82) is 0 Å². The van der Waals surface area contributed by atoms with Crippen molar-refractivity contribution >= 4 is 17.8 Å². The number of amides is 2. The van der Waals surface area contributed by atoms with E-state index in [4.69, 9.17) is 5.11 Å². The summed E-state index contributed by atoms with van der Waals surface area (Å²) in [6.45, 7) is 0.0903. The summed E-state index contributed by atoms with van der Waals surface area (Å²) < 4.78 is 0. The number of carbonyl (C=O) groups is 3. The van der Waals surface area contributed by atoms with Gasteiger partial charge in [-0.25, -0.2) is 0 Å². The van der Waals surface area contributed by atoms with Gasteiger partial charge in [-0.15, -0.1) is 0 Å². The molecule has 2 atom stereocenters. The number of carbonyl (C=O) groups excluding carboxylic acids is 2. The van der Waals surface area contributed by atoms with E-state index in [1.807, 2.05) is 0 Å². The second-order valence-electron chi connectivity index (χ2n) is 5.49. The van der Waals surface area contributed by atoms with E-state index in [9.17, 15) is 14.4 Å². The molecule has 0 bridgehead atoms. The quantitative estimate of drug-likeness (QED) is 0.731. The topological polar surface area (TPSA) is 74.7 Å². The molecule has 1 heterocycles. The fourth-order valence-electron chi connectivity index (χ4n) is 3.11. The second-order valence-corrected chi connectivity index (χ2v) is 5.49. The van der Waals surface area contributed by atoms with E-state index >= 15 is 0 Å². The zero-order valence-electron chi connectivity index (χ0n) is 9.52. The standard InChI is InChI=1S/C12H15NO4/c14-9-7-2-1-3-8(7)10(15)13(9)6-12(4-5-12)11(16)17/h7-8H,1-6H2,(H,16,17). The van der Waals surface area contributed by atoms with Crippen molar-refractivity contribution in [1.82, 2.24) is 4.90 Å². The molecule has 0 aromatic heterocycles. The Morgan fingerprint density at radius 3 is 2.18 bits per heavy atom. The molecule has 2 aliphatic carbocycles. The maximum Gasteiger partial charge on any atom is 0.311 e. The van der Waals surface area contributed by atoms with Gasteiger partial charge >= 0.3 is 5.97 Å². The van der Waals surface area contributed by atoms with Gasteiger partial charge in [-0.05, 0) is 25.7 Å². The van der Waals surface area contributed by atoms with Crippen LogP contribution in [0.1, 0.15) is 32.1 Å². The van der Waals surface area contributed by atoms with Crippen molar-refractivity contribution in [2.75, 3.05) is 6.54 Å². The summed E-state index contributed by atoms with van der Waals surface area (Å²) in [5, 5.41) is 9.09. The number of fused-ring (bicyclic) bond motifs is 1. The molecule has 0 spiro atoms. The molecular weight excluding hydrogens is 222 g/mol. The minimum absolute atomic E-state index is 0.0903. The molecule has 2 amide bonds. The molecule has 1 aliphatic heterocycles. The smallest absolute Gasteiger partial charge is 0.311 e. The molecular formula is C12H15NO4. The van der Waals surface area contributed by atoms with Gasteiger partial charge < -0.3 is 5.11 Å². The summed E-state index contributed by atoms with van der Waals surface area (Å²) in [5.74, 6) is -1.47. The largest absolute Gasteiger partial charge is 0.481 e. The maximum absolute atomic E-state index is 12.0. The Morgan fingerprint density at radius 1 is 1.24 bits per heavy atom. The number of rotatable bonds is 3. The predicted molar refractivity (Wildman–Crippen MR) is 56.9 cm³/mol.